The van der Waals surface area contributed by atoms with Crippen LogP contribution in [0.2, 0.25) is 0 Å². The molecule has 4 heteroatoms. The number of unbranched alkanes of at least 4 members (excludes halogenated alkanes) is 2. The van der Waals surface area contributed by atoms with Gasteiger partial charge in [-0.2, -0.15) is 0 Å². The Morgan fingerprint density at radius 3 is 2.76 bits per heavy atom. The van der Waals surface area contributed by atoms with Crippen LogP contribution in [0.4, 0.5) is 0 Å². The largest absolute Gasteiger partial charge is 0.301 e. The highest BCUT2D eigenvalue weighted by atomic mass is 16.2. The maximum absolute atomic E-state index is 10.9. The number of rotatable bonds is 6. The van der Waals surface area contributed by atoms with Crippen molar-refractivity contribution < 1.29 is 4.79 Å². The Labute approximate surface area is 105 Å². The van der Waals surface area contributed by atoms with Crippen molar-refractivity contribution in [1.82, 2.24) is 10.3 Å². The molecule has 2 unspecified atom stereocenters. The second kappa shape index (κ2) is 7.67. The van der Waals surface area contributed by atoms with Crippen LogP contribution >= 0.6 is 0 Å². The van der Waals surface area contributed by atoms with Crippen molar-refractivity contribution in [1.29, 1.82) is 0 Å². The van der Waals surface area contributed by atoms with Gasteiger partial charge in [0.15, 0.2) is 0 Å². The van der Waals surface area contributed by atoms with Crippen LogP contribution in [-0.4, -0.2) is 29.9 Å². The number of amides is 1. The fourth-order valence-corrected chi connectivity index (χ4v) is 2.64. The zero-order valence-corrected chi connectivity index (χ0v) is 11.2. The third kappa shape index (κ3) is 5.50. The number of carbonyl (C=O) groups excluding carboxylic acids is 1. The standard InChI is InChI=1S/C13H27N3O/c1-11-7-9-16(12(2)10-11)8-5-3-4-6-13(17)15-14/h11-12H,3-10,14H2,1-2H3,(H,15,17). The lowest BCUT2D eigenvalue weighted by molar-refractivity contribution is -0.121. The molecule has 17 heavy (non-hydrogen) atoms. The summed E-state index contributed by atoms with van der Waals surface area (Å²) in [5.41, 5.74) is 2.17. The minimum absolute atomic E-state index is 0.0508. The molecule has 0 aromatic carbocycles. The molecule has 1 saturated heterocycles. The van der Waals surface area contributed by atoms with Gasteiger partial charge in [0.1, 0.15) is 0 Å². The minimum atomic E-state index is -0.0508. The molecule has 0 bridgehead atoms. The lowest BCUT2D eigenvalue weighted by Gasteiger charge is -2.36. The number of hydrazine groups is 1. The molecule has 0 aliphatic carbocycles. The molecule has 1 rings (SSSR count). The van der Waals surface area contributed by atoms with Gasteiger partial charge in [-0.05, 0) is 51.6 Å². The summed E-state index contributed by atoms with van der Waals surface area (Å²) in [5.74, 6) is 5.86. The first-order valence-corrected chi connectivity index (χ1v) is 6.87. The minimum Gasteiger partial charge on any atom is -0.301 e. The summed E-state index contributed by atoms with van der Waals surface area (Å²) in [7, 11) is 0. The van der Waals surface area contributed by atoms with Gasteiger partial charge in [0.05, 0.1) is 0 Å². The first kappa shape index (κ1) is 14.5. The van der Waals surface area contributed by atoms with Crippen LogP contribution in [0.25, 0.3) is 0 Å². The molecule has 1 amide bonds. The monoisotopic (exact) mass is 241 g/mol. The van der Waals surface area contributed by atoms with E-state index in [1.807, 2.05) is 0 Å². The predicted molar refractivity (Wildman–Crippen MR) is 70.2 cm³/mol. The molecule has 1 aliphatic heterocycles. The number of hydrogen-bond acceptors (Lipinski definition) is 3. The quantitative estimate of drug-likeness (QED) is 0.322. The molecule has 0 spiro atoms. The fraction of sp³-hybridized carbons (Fsp3) is 0.923. The molecular formula is C13H27N3O. The van der Waals surface area contributed by atoms with Gasteiger partial charge in [0.25, 0.3) is 0 Å². The van der Waals surface area contributed by atoms with E-state index in [0.29, 0.717) is 6.42 Å². The van der Waals surface area contributed by atoms with Gasteiger partial charge >= 0.3 is 0 Å². The average Bonchev–Trinajstić information content (AvgIpc) is 2.30. The maximum atomic E-state index is 10.9. The molecule has 3 N–H and O–H groups in total. The summed E-state index contributed by atoms with van der Waals surface area (Å²) in [6.45, 7) is 7.10. The third-order valence-corrected chi connectivity index (χ3v) is 3.79. The highest BCUT2D eigenvalue weighted by molar-refractivity contribution is 5.74. The van der Waals surface area contributed by atoms with Gasteiger partial charge in [0.2, 0.25) is 5.91 Å². The van der Waals surface area contributed by atoms with Crippen LogP contribution in [0.1, 0.15) is 52.4 Å². The predicted octanol–water partition coefficient (Wildman–Crippen LogP) is 1.66. The molecular weight excluding hydrogens is 214 g/mol. The Morgan fingerprint density at radius 1 is 1.35 bits per heavy atom. The number of hydrogen-bond donors (Lipinski definition) is 2. The van der Waals surface area contributed by atoms with Crippen LogP contribution in [0.15, 0.2) is 0 Å². The molecule has 0 radical (unpaired) electrons. The van der Waals surface area contributed by atoms with Crippen LogP contribution < -0.4 is 11.3 Å². The van der Waals surface area contributed by atoms with E-state index >= 15 is 0 Å². The zero-order chi connectivity index (χ0) is 12.7. The fourth-order valence-electron chi connectivity index (χ4n) is 2.64. The Bertz CT molecular complexity index is 233. The van der Waals surface area contributed by atoms with Gasteiger partial charge in [-0.25, -0.2) is 5.84 Å². The molecule has 1 aliphatic rings. The molecule has 100 valence electrons. The summed E-state index contributed by atoms with van der Waals surface area (Å²) in [6, 6.07) is 0.728. The van der Waals surface area contributed by atoms with Crippen molar-refractivity contribution in [2.75, 3.05) is 13.1 Å². The highest BCUT2D eigenvalue weighted by Gasteiger charge is 2.21. The molecule has 0 aromatic rings. The van der Waals surface area contributed by atoms with Crippen LogP contribution in [0.3, 0.4) is 0 Å². The number of likely N-dealkylation sites (tertiary alicyclic amines) is 1. The maximum Gasteiger partial charge on any atom is 0.233 e. The second-order valence-electron chi connectivity index (χ2n) is 5.39. The Hall–Kier alpha value is -0.610. The molecule has 1 fully saturated rings. The lowest BCUT2D eigenvalue weighted by Crippen LogP contribution is -2.40. The Kier molecular flexibility index (Phi) is 6.52. The van der Waals surface area contributed by atoms with E-state index in [0.717, 1.165) is 24.8 Å². The first-order chi connectivity index (χ1) is 8.13. The molecule has 0 saturated carbocycles. The van der Waals surface area contributed by atoms with E-state index in [-0.39, 0.29) is 5.91 Å². The van der Waals surface area contributed by atoms with Crippen molar-refractivity contribution in [3.8, 4) is 0 Å². The smallest absolute Gasteiger partial charge is 0.233 e. The summed E-state index contributed by atoms with van der Waals surface area (Å²) in [6.07, 6.45) is 6.48. The van der Waals surface area contributed by atoms with Gasteiger partial charge in [-0.3, -0.25) is 10.2 Å². The van der Waals surface area contributed by atoms with E-state index < -0.39 is 0 Å². The summed E-state index contributed by atoms with van der Waals surface area (Å²) in [4.78, 5) is 13.5. The SMILES string of the molecule is CC1CCN(CCCCCC(=O)NN)C(C)C1. The summed E-state index contributed by atoms with van der Waals surface area (Å²) >= 11 is 0. The average molecular weight is 241 g/mol. The Morgan fingerprint density at radius 2 is 2.12 bits per heavy atom. The van der Waals surface area contributed by atoms with Crippen LogP contribution in [-0.2, 0) is 4.79 Å². The van der Waals surface area contributed by atoms with Crippen LogP contribution in [0, 0.1) is 5.92 Å². The van der Waals surface area contributed by atoms with E-state index in [9.17, 15) is 4.79 Å². The first-order valence-electron chi connectivity index (χ1n) is 6.87. The topological polar surface area (TPSA) is 58.4 Å². The van der Waals surface area contributed by atoms with Crippen molar-refractivity contribution in [2.45, 2.75) is 58.4 Å². The van der Waals surface area contributed by atoms with Gasteiger partial charge in [0, 0.05) is 12.5 Å². The molecule has 4 nitrogen and oxygen atoms in total. The number of piperidine rings is 1. The normalized spacial score (nSPS) is 25.8. The summed E-state index contributed by atoms with van der Waals surface area (Å²) in [5, 5.41) is 0. The van der Waals surface area contributed by atoms with Crippen LogP contribution in [0.5, 0.6) is 0 Å². The van der Waals surface area contributed by atoms with Crippen molar-refractivity contribution in [2.24, 2.45) is 11.8 Å². The highest BCUT2D eigenvalue weighted by Crippen LogP contribution is 2.22. The number of nitrogens with zero attached hydrogens (tertiary/aromatic N) is 1. The van der Waals surface area contributed by atoms with Crippen molar-refractivity contribution in [3.63, 3.8) is 0 Å². The summed E-state index contributed by atoms with van der Waals surface area (Å²) < 4.78 is 0. The number of nitrogens with two attached hydrogens (primary N) is 1. The third-order valence-electron chi connectivity index (χ3n) is 3.79. The van der Waals surface area contributed by atoms with Gasteiger partial charge in [-0.1, -0.05) is 13.3 Å². The molecule has 2 atom stereocenters. The lowest BCUT2D eigenvalue weighted by atomic mass is 9.93. The van der Waals surface area contributed by atoms with E-state index in [1.54, 1.807) is 0 Å². The van der Waals surface area contributed by atoms with Gasteiger partial charge < -0.3 is 4.90 Å². The molecule has 0 aromatic heterocycles. The number of carbonyl (C=O) groups is 1. The molecule has 1 heterocycles. The van der Waals surface area contributed by atoms with Crippen molar-refractivity contribution >= 4 is 5.91 Å². The zero-order valence-electron chi connectivity index (χ0n) is 11.2. The van der Waals surface area contributed by atoms with E-state index in [2.05, 4.69) is 24.2 Å². The van der Waals surface area contributed by atoms with Crippen molar-refractivity contribution in [3.05, 3.63) is 0 Å². The number of nitrogens with one attached hydrogen (secondary N) is 1. The van der Waals surface area contributed by atoms with Gasteiger partial charge in [-0.15, -0.1) is 0 Å². The Balaban J connectivity index is 2.04. The van der Waals surface area contributed by atoms with E-state index in [1.165, 1.54) is 32.4 Å². The second-order valence-corrected chi connectivity index (χ2v) is 5.39. The van der Waals surface area contributed by atoms with E-state index in [4.69, 9.17) is 5.84 Å².